The van der Waals surface area contributed by atoms with Crippen LogP contribution in [0, 0.1) is 0 Å². The number of para-hydroxylation sites is 1. The Morgan fingerprint density at radius 2 is 1.77 bits per heavy atom. The highest BCUT2D eigenvalue weighted by molar-refractivity contribution is 6.32. The lowest BCUT2D eigenvalue weighted by Crippen LogP contribution is -2.55. The van der Waals surface area contributed by atoms with Gasteiger partial charge in [0.15, 0.2) is 0 Å². The second-order valence-electron chi connectivity index (χ2n) is 7.17. The van der Waals surface area contributed by atoms with Crippen molar-refractivity contribution in [3.63, 3.8) is 0 Å². The Balaban J connectivity index is 1.34. The van der Waals surface area contributed by atoms with Crippen molar-refractivity contribution in [3.05, 3.63) is 77.9 Å². The van der Waals surface area contributed by atoms with Crippen molar-refractivity contribution in [1.82, 2.24) is 9.88 Å². The summed E-state index contributed by atoms with van der Waals surface area (Å²) in [6, 6.07) is 20.5. The lowest BCUT2D eigenvalue weighted by molar-refractivity contribution is 0.184. The molecule has 1 aliphatic heterocycles. The quantitative estimate of drug-likeness (QED) is 0.622. The number of piperazine rings is 1. The normalized spacial score (nSPS) is 16.3. The zero-order chi connectivity index (χ0) is 20.9. The summed E-state index contributed by atoms with van der Waals surface area (Å²) in [5.74, 6) is 2.25. The van der Waals surface area contributed by atoms with Gasteiger partial charge < -0.3 is 19.9 Å². The van der Waals surface area contributed by atoms with E-state index in [2.05, 4.69) is 15.2 Å². The molecule has 0 bridgehead atoms. The van der Waals surface area contributed by atoms with Crippen molar-refractivity contribution < 1.29 is 9.53 Å². The van der Waals surface area contributed by atoms with E-state index in [1.807, 2.05) is 78.6 Å². The maximum Gasteiger partial charge on any atom is 0.322 e. The zero-order valence-corrected chi connectivity index (χ0v) is 17.4. The maximum absolute atomic E-state index is 12.8. The van der Waals surface area contributed by atoms with Crippen LogP contribution in [-0.2, 0) is 0 Å². The van der Waals surface area contributed by atoms with E-state index in [1.54, 1.807) is 6.20 Å². The molecule has 0 saturated carbocycles. The van der Waals surface area contributed by atoms with Crippen LogP contribution in [0.3, 0.4) is 0 Å². The lowest BCUT2D eigenvalue weighted by atomic mass is 10.2. The molecule has 0 radical (unpaired) electrons. The molecule has 7 heteroatoms. The Hall–Kier alpha value is -3.25. The number of nitrogens with one attached hydrogen (secondary N) is 1. The fourth-order valence-corrected chi connectivity index (χ4v) is 3.73. The molecular formula is C23H23ClN4O2. The molecule has 0 spiro atoms. The SMILES string of the molecule is CC1CN(c2ncccc2Cl)CCN1C(=O)Nc1ccc(Oc2ccccc2)cc1. The topological polar surface area (TPSA) is 57.7 Å². The van der Waals surface area contributed by atoms with Gasteiger partial charge >= 0.3 is 6.03 Å². The summed E-state index contributed by atoms with van der Waals surface area (Å²) in [7, 11) is 0. The molecule has 3 aromatic rings. The summed E-state index contributed by atoms with van der Waals surface area (Å²) < 4.78 is 5.79. The number of carbonyl (C=O) groups excluding carboxylic acids is 1. The first kappa shape index (κ1) is 20.0. The molecule has 1 fully saturated rings. The highest BCUT2D eigenvalue weighted by Gasteiger charge is 2.28. The average molecular weight is 423 g/mol. The van der Waals surface area contributed by atoms with Gasteiger partial charge in [0, 0.05) is 37.6 Å². The molecule has 1 unspecified atom stereocenters. The standard InChI is InChI=1S/C23H23ClN4O2/c1-17-16-27(22-21(24)8-5-13-25-22)14-15-28(17)23(29)26-18-9-11-20(12-10-18)30-19-6-3-2-4-7-19/h2-13,17H,14-16H2,1H3,(H,26,29). The zero-order valence-electron chi connectivity index (χ0n) is 16.7. The van der Waals surface area contributed by atoms with Crippen LogP contribution in [0.1, 0.15) is 6.92 Å². The summed E-state index contributed by atoms with van der Waals surface area (Å²) in [6.45, 7) is 3.97. The molecule has 2 aromatic carbocycles. The smallest absolute Gasteiger partial charge is 0.322 e. The number of rotatable bonds is 4. The largest absolute Gasteiger partial charge is 0.457 e. The average Bonchev–Trinajstić information content (AvgIpc) is 2.76. The molecule has 0 aliphatic carbocycles. The first-order valence-electron chi connectivity index (χ1n) is 9.86. The van der Waals surface area contributed by atoms with E-state index in [0.29, 0.717) is 30.4 Å². The molecule has 1 saturated heterocycles. The number of aromatic nitrogens is 1. The van der Waals surface area contributed by atoms with Gasteiger partial charge in [0.2, 0.25) is 0 Å². The Morgan fingerprint density at radius 1 is 1.03 bits per heavy atom. The van der Waals surface area contributed by atoms with Gasteiger partial charge in [-0.25, -0.2) is 9.78 Å². The molecular weight excluding hydrogens is 400 g/mol. The lowest BCUT2D eigenvalue weighted by Gasteiger charge is -2.40. The Bertz CT molecular complexity index is 998. The minimum absolute atomic E-state index is 0.0255. The van der Waals surface area contributed by atoms with Gasteiger partial charge in [0.1, 0.15) is 17.3 Å². The number of urea groups is 1. The summed E-state index contributed by atoms with van der Waals surface area (Å²) in [5.41, 5.74) is 0.725. The molecule has 6 nitrogen and oxygen atoms in total. The summed E-state index contributed by atoms with van der Waals surface area (Å²) in [6.07, 6.45) is 1.73. The van der Waals surface area contributed by atoms with Crippen molar-refractivity contribution in [2.24, 2.45) is 0 Å². The van der Waals surface area contributed by atoms with Crippen LogP contribution in [0.5, 0.6) is 11.5 Å². The van der Waals surface area contributed by atoms with E-state index in [1.165, 1.54) is 0 Å². The van der Waals surface area contributed by atoms with Crippen molar-refractivity contribution >= 4 is 29.1 Å². The van der Waals surface area contributed by atoms with E-state index in [4.69, 9.17) is 16.3 Å². The van der Waals surface area contributed by atoms with Crippen molar-refractivity contribution in [2.45, 2.75) is 13.0 Å². The maximum atomic E-state index is 12.8. The van der Waals surface area contributed by atoms with E-state index in [0.717, 1.165) is 17.3 Å². The summed E-state index contributed by atoms with van der Waals surface area (Å²) >= 11 is 6.27. The Labute approximate surface area is 181 Å². The molecule has 1 aliphatic rings. The fourth-order valence-electron chi connectivity index (χ4n) is 3.49. The molecule has 2 heterocycles. The van der Waals surface area contributed by atoms with Crippen LogP contribution in [-0.4, -0.2) is 41.6 Å². The Kier molecular flexibility index (Phi) is 6.05. The van der Waals surface area contributed by atoms with Crippen LogP contribution in [0.25, 0.3) is 0 Å². The fraction of sp³-hybridized carbons (Fsp3) is 0.217. The van der Waals surface area contributed by atoms with Crippen molar-refractivity contribution in [2.75, 3.05) is 29.9 Å². The molecule has 154 valence electrons. The number of anilines is 2. The second-order valence-corrected chi connectivity index (χ2v) is 7.57. The summed E-state index contributed by atoms with van der Waals surface area (Å²) in [4.78, 5) is 21.1. The van der Waals surface area contributed by atoms with Crippen LogP contribution in [0.15, 0.2) is 72.9 Å². The molecule has 1 N–H and O–H groups in total. The van der Waals surface area contributed by atoms with Gasteiger partial charge in [-0.15, -0.1) is 0 Å². The third-order valence-corrected chi connectivity index (χ3v) is 5.31. The molecule has 30 heavy (non-hydrogen) atoms. The number of carbonyl (C=O) groups is 1. The molecule has 2 amide bonds. The first-order valence-corrected chi connectivity index (χ1v) is 10.2. The molecule has 1 aromatic heterocycles. The number of nitrogens with zero attached hydrogens (tertiary/aromatic N) is 3. The number of hydrogen-bond donors (Lipinski definition) is 1. The third kappa shape index (κ3) is 4.66. The van der Waals surface area contributed by atoms with E-state index in [9.17, 15) is 4.79 Å². The highest BCUT2D eigenvalue weighted by atomic mass is 35.5. The van der Waals surface area contributed by atoms with Gasteiger partial charge in [0.25, 0.3) is 0 Å². The minimum atomic E-state index is -0.119. The first-order chi connectivity index (χ1) is 14.6. The van der Waals surface area contributed by atoms with E-state index >= 15 is 0 Å². The van der Waals surface area contributed by atoms with Crippen LogP contribution < -0.4 is 15.0 Å². The number of amides is 2. The predicted octanol–water partition coefficient (Wildman–Crippen LogP) is 5.27. The molecule has 4 rings (SSSR count). The van der Waals surface area contributed by atoms with E-state index in [-0.39, 0.29) is 12.1 Å². The van der Waals surface area contributed by atoms with Crippen LogP contribution >= 0.6 is 11.6 Å². The van der Waals surface area contributed by atoms with Gasteiger partial charge in [-0.1, -0.05) is 29.8 Å². The number of hydrogen-bond acceptors (Lipinski definition) is 4. The van der Waals surface area contributed by atoms with Crippen LogP contribution in [0.4, 0.5) is 16.3 Å². The van der Waals surface area contributed by atoms with Crippen LogP contribution in [0.2, 0.25) is 5.02 Å². The van der Waals surface area contributed by atoms with Crippen molar-refractivity contribution in [3.8, 4) is 11.5 Å². The number of benzene rings is 2. The monoisotopic (exact) mass is 422 g/mol. The second kappa shape index (κ2) is 9.05. The predicted molar refractivity (Wildman–Crippen MR) is 120 cm³/mol. The highest BCUT2D eigenvalue weighted by Crippen LogP contribution is 2.26. The minimum Gasteiger partial charge on any atom is -0.457 e. The number of ether oxygens (including phenoxy) is 1. The Morgan fingerprint density at radius 3 is 2.47 bits per heavy atom. The molecule has 1 atom stereocenters. The van der Waals surface area contributed by atoms with Gasteiger partial charge in [-0.2, -0.15) is 0 Å². The van der Waals surface area contributed by atoms with Gasteiger partial charge in [0.05, 0.1) is 5.02 Å². The summed E-state index contributed by atoms with van der Waals surface area (Å²) in [5, 5.41) is 3.60. The number of pyridine rings is 1. The number of halogens is 1. The third-order valence-electron chi connectivity index (χ3n) is 5.01. The van der Waals surface area contributed by atoms with E-state index < -0.39 is 0 Å². The van der Waals surface area contributed by atoms with Gasteiger partial charge in [-0.05, 0) is 55.5 Å². The van der Waals surface area contributed by atoms with Crippen molar-refractivity contribution in [1.29, 1.82) is 0 Å². The van der Waals surface area contributed by atoms with Gasteiger partial charge in [-0.3, -0.25) is 0 Å².